The molecule has 2 heterocycles. The van der Waals surface area contributed by atoms with Crippen LogP contribution in [0.2, 0.25) is 0 Å². The summed E-state index contributed by atoms with van der Waals surface area (Å²) in [4.78, 5) is 26.4. The van der Waals surface area contributed by atoms with Gasteiger partial charge in [-0.2, -0.15) is 0 Å². The highest BCUT2D eigenvalue weighted by Gasteiger charge is 2.43. The molecule has 166 valence electrons. The molecule has 2 aliphatic carbocycles. The van der Waals surface area contributed by atoms with Crippen LogP contribution in [0.4, 0.5) is 20.2 Å². The monoisotopic (exact) mass is 432 g/mol. The van der Waals surface area contributed by atoms with Gasteiger partial charge in [0, 0.05) is 31.7 Å². The average Bonchev–Trinajstić information content (AvgIpc) is 3.27. The molecule has 2 saturated carbocycles. The van der Waals surface area contributed by atoms with Gasteiger partial charge in [-0.05, 0) is 37.2 Å². The van der Waals surface area contributed by atoms with Gasteiger partial charge in [0.2, 0.25) is 5.43 Å². The van der Waals surface area contributed by atoms with E-state index in [4.69, 9.17) is 11.5 Å². The Labute approximate surface area is 177 Å². The molecule has 1 aliphatic heterocycles. The van der Waals surface area contributed by atoms with E-state index in [1.807, 2.05) is 4.90 Å². The third-order valence-corrected chi connectivity index (χ3v) is 7.40. The van der Waals surface area contributed by atoms with Crippen molar-refractivity contribution in [2.75, 3.05) is 23.7 Å². The number of aromatic nitrogens is 1. The lowest BCUT2D eigenvalue weighted by Gasteiger charge is -2.29. The van der Waals surface area contributed by atoms with Crippen molar-refractivity contribution in [3.63, 3.8) is 0 Å². The number of hydrogen-bond donors (Lipinski definition) is 3. The van der Waals surface area contributed by atoms with Crippen molar-refractivity contribution >= 4 is 28.2 Å². The maximum atomic E-state index is 15.6. The summed E-state index contributed by atoms with van der Waals surface area (Å²) in [6.45, 7) is 2.93. The molecule has 9 heteroatoms. The van der Waals surface area contributed by atoms with Crippen molar-refractivity contribution in [1.29, 1.82) is 0 Å². The summed E-state index contributed by atoms with van der Waals surface area (Å²) in [6, 6.07) is -0.521. The summed E-state index contributed by atoms with van der Waals surface area (Å²) < 4.78 is 31.1. The first-order chi connectivity index (χ1) is 14.7. The zero-order chi connectivity index (χ0) is 22.2. The largest absolute Gasteiger partial charge is 0.477 e. The van der Waals surface area contributed by atoms with Gasteiger partial charge in [0.25, 0.3) is 0 Å². The van der Waals surface area contributed by atoms with Crippen LogP contribution in [0.15, 0.2) is 11.0 Å². The van der Waals surface area contributed by atoms with E-state index in [2.05, 4.69) is 0 Å². The Morgan fingerprint density at radius 1 is 1.29 bits per heavy atom. The second kappa shape index (κ2) is 6.91. The average molecular weight is 432 g/mol. The number of nitrogen functional groups attached to an aromatic ring is 1. The van der Waals surface area contributed by atoms with Crippen molar-refractivity contribution in [1.82, 2.24) is 4.57 Å². The van der Waals surface area contributed by atoms with Crippen LogP contribution >= 0.6 is 0 Å². The maximum absolute atomic E-state index is 15.6. The number of fused-ring (bicyclic) bond motifs is 2. The highest BCUT2D eigenvalue weighted by atomic mass is 19.1. The number of carbonyl (C=O) groups is 1. The van der Waals surface area contributed by atoms with Crippen LogP contribution in [0.5, 0.6) is 0 Å². The molecule has 31 heavy (non-hydrogen) atoms. The van der Waals surface area contributed by atoms with Crippen LogP contribution in [0.25, 0.3) is 10.9 Å². The number of pyridine rings is 1. The summed E-state index contributed by atoms with van der Waals surface area (Å²) in [5.41, 5.74) is 11.7. The van der Waals surface area contributed by atoms with E-state index in [0.717, 1.165) is 19.3 Å². The van der Waals surface area contributed by atoms with E-state index < -0.39 is 35.0 Å². The van der Waals surface area contributed by atoms with Gasteiger partial charge < -0.3 is 26.0 Å². The Hall–Kier alpha value is -2.68. The molecule has 5 rings (SSSR count). The molecule has 0 amide bonds. The van der Waals surface area contributed by atoms with Gasteiger partial charge in [0.15, 0.2) is 5.82 Å². The van der Waals surface area contributed by atoms with E-state index in [9.17, 15) is 19.1 Å². The Bertz CT molecular complexity index is 1160. The molecule has 1 saturated heterocycles. The first-order valence-corrected chi connectivity index (χ1v) is 10.7. The zero-order valence-corrected chi connectivity index (χ0v) is 17.3. The first kappa shape index (κ1) is 20.2. The number of aromatic carboxylic acids is 1. The molecule has 7 nitrogen and oxygen atoms in total. The molecule has 3 fully saturated rings. The van der Waals surface area contributed by atoms with Gasteiger partial charge in [-0.1, -0.05) is 6.42 Å². The zero-order valence-electron chi connectivity index (χ0n) is 17.3. The summed E-state index contributed by atoms with van der Waals surface area (Å²) in [6.07, 6.45) is 3.28. The van der Waals surface area contributed by atoms with Crippen LogP contribution in [0.1, 0.15) is 47.6 Å². The fourth-order valence-corrected chi connectivity index (χ4v) is 5.71. The van der Waals surface area contributed by atoms with Gasteiger partial charge in [-0.25, -0.2) is 13.6 Å². The molecule has 1 aromatic carbocycles. The van der Waals surface area contributed by atoms with Crippen molar-refractivity contribution in [3.8, 4) is 0 Å². The van der Waals surface area contributed by atoms with Crippen LogP contribution in [0.3, 0.4) is 0 Å². The lowest BCUT2D eigenvalue weighted by Crippen LogP contribution is -2.38. The normalized spacial score (nSPS) is 29.9. The van der Waals surface area contributed by atoms with Crippen LogP contribution in [-0.4, -0.2) is 40.9 Å². The number of nitrogens with zero attached hydrogens (tertiary/aromatic N) is 2. The Balaban J connectivity index is 1.74. The predicted octanol–water partition coefficient (Wildman–Crippen LogP) is 2.58. The SMILES string of the molecule is Cc1c(N2C[C@H]3CCC[C@@H](N)[C@H]3C2)c(F)c(N)c2c(=O)c(C(=O)O)cn([C@@H]3C[C@@H]3F)c12. The summed E-state index contributed by atoms with van der Waals surface area (Å²) in [7, 11) is 0. The number of benzene rings is 1. The quantitative estimate of drug-likeness (QED) is 0.643. The first-order valence-electron chi connectivity index (χ1n) is 10.7. The number of halogens is 2. The smallest absolute Gasteiger partial charge is 0.341 e. The van der Waals surface area contributed by atoms with Crippen LogP contribution < -0.4 is 21.8 Å². The van der Waals surface area contributed by atoms with Crippen molar-refractivity contribution in [2.24, 2.45) is 17.6 Å². The van der Waals surface area contributed by atoms with Crippen molar-refractivity contribution < 1.29 is 18.7 Å². The second-order valence-corrected chi connectivity index (χ2v) is 9.25. The minimum absolute atomic E-state index is 0.0694. The van der Waals surface area contributed by atoms with E-state index in [-0.39, 0.29) is 29.5 Å². The fourth-order valence-electron chi connectivity index (χ4n) is 5.71. The Kier molecular flexibility index (Phi) is 4.51. The minimum Gasteiger partial charge on any atom is -0.477 e. The van der Waals surface area contributed by atoms with Crippen LogP contribution in [0, 0.1) is 24.6 Å². The van der Waals surface area contributed by atoms with E-state index >= 15 is 4.39 Å². The summed E-state index contributed by atoms with van der Waals surface area (Å²) >= 11 is 0. The van der Waals surface area contributed by atoms with Crippen LogP contribution in [-0.2, 0) is 0 Å². The second-order valence-electron chi connectivity index (χ2n) is 9.25. The molecule has 0 spiro atoms. The predicted molar refractivity (Wildman–Crippen MR) is 114 cm³/mol. The molecule has 1 aromatic heterocycles. The number of anilines is 2. The maximum Gasteiger partial charge on any atom is 0.341 e. The Morgan fingerprint density at radius 2 is 2.00 bits per heavy atom. The molecule has 2 aromatic rings. The lowest BCUT2D eigenvalue weighted by molar-refractivity contribution is 0.0694. The molecule has 5 atom stereocenters. The molecule has 0 bridgehead atoms. The molecule has 0 radical (unpaired) electrons. The van der Waals surface area contributed by atoms with Gasteiger partial charge in [-0.3, -0.25) is 4.79 Å². The number of hydrogen-bond acceptors (Lipinski definition) is 5. The standard InChI is InChI=1S/C22H26F2N4O3/c1-9-19-16(21(29)12(22(30)31)8-28(19)15-5-13(15)23)18(26)17(24)20(9)27-6-10-3-2-4-14(25)11(10)7-27/h8,10-11,13-15H,2-7,25-26H2,1H3,(H,30,31)/t10-,11+,13+,14-,15-/m1/s1. The molecule has 3 aliphatic rings. The van der Waals surface area contributed by atoms with Crippen molar-refractivity contribution in [2.45, 2.75) is 50.9 Å². The Morgan fingerprint density at radius 3 is 2.61 bits per heavy atom. The highest BCUT2D eigenvalue weighted by Crippen LogP contribution is 2.46. The van der Waals surface area contributed by atoms with Gasteiger partial charge in [-0.15, -0.1) is 0 Å². The number of carboxylic acids is 1. The topological polar surface area (TPSA) is 115 Å². The highest BCUT2D eigenvalue weighted by molar-refractivity contribution is 6.01. The third kappa shape index (κ3) is 2.93. The van der Waals surface area contributed by atoms with E-state index in [1.54, 1.807) is 6.92 Å². The number of carboxylic acid groups (broad SMARTS) is 1. The van der Waals surface area contributed by atoms with Gasteiger partial charge in [0.1, 0.15) is 11.7 Å². The summed E-state index contributed by atoms with van der Waals surface area (Å²) in [5, 5.41) is 9.27. The number of aryl methyl sites for hydroxylation is 1. The molecular weight excluding hydrogens is 406 g/mol. The van der Waals surface area contributed by atoms with Gasteiger partial charge >= 0.3 is 5.97 Å². The molecule has 5 N–H and O–H groups in total. The van der Waals surface area contributed by atoms with Gasteiger partial charge in [0.05, 0.1) is 28.3 Å². The molecule has 0 unspecified atom stereocenters. The number of nitrogens with two attached hydrogens (primary N) is 2. The lowest BCUT2D eigenvalue weighted by atomic mass is 9.78. The van der Waals surface area contributed by atoms with E-state index in [0.29, 0.717) is 35.8 Å². The minimum atomic E-state index is -1.45. The number of rotatable bonds is 3. The fraction of sp³-hybridized carbons (Fsp3) is 0.545. The van der Waals surface area contributed by atoms with E-state index in [1.165, 1.54) is 10.8 Å². The van der Waals surface area contributed by atoms with Crippen molar-refractivity contribution in [3.05, 3.63) is 33.4 Å². The summed E-state index contributed by atoms with van der Waals surface area (Å²) in [5.74, 6) is -1.54. The number of alkyl halides is 1. The molecular formula is C22H26F2N4O3. The third-order valence-electron chi connectivity index (χ3n) is 7.40.